The molecule has 0 aromatic heterocycles. The van der Waals surface area contributed by atoms with Crippen molar-refractivity contribution in [3.63, 3.8) is 0 Å². The normalized spacial score (nSPS) is 19.7. The van der Waals surface area contributed by atoms with Crippen molar-refractivity contribution in [2.45, 2.75) is 18.9 Å². The van der Waals surface area contributed by atoms with Gasteiger partial charge in [0.25, 0.3) is 5.91 Å². The average molecular weight is 270 g/mol. The fraction of sp³-hybridized carbons (Fsp3) is 0.462. The molecule has 1 aliphatic rings. The Morgan fingerprint density at radius 2 is 2.28 bits per heavy atom. The number of halogens is 1. The summed E-state index contributed by atoms with van der Waals surface area (Å²) in [7, 11) is 0. The number of piperidine rings is 1. The van der Waals surface area contributed by atoms with Gasteiger partial charge in [0.05, 0.1) is 11.1 Å². The van der Waals surface area contributed by atoms with Gasteiger partial charge in [0.2, 0.25) is 0 Å². The molecule has 0 saturated carbocycles. The van der Waals surface area contributed by atoms with Crippen molar-refractivity contribution < 1.29 is 14.6 Å². The lowest BCUT2D eigenvalue weighted by Gasteiger charge is -2.30. The van der Waals surface area contributed by atoms with Crippen molar-refractivity contribution in [1.82, 2.24) is 4.90 Å². The largest absolute Gasteiger partial charge is 0.482 e. The number of nitrogens with zero attached hydrogens (tertiary/aromatic N) is 1. The number of amides is 1. The minimum Gasteiger partial charge on any atom is -0.482 e. The Morgan fingerprint density at radius 1 is 1.50 bits per heavy atom. The molecular weight excluding hydrogens is 254 g/mol. The maximum Gasteiger partial charge on any atom is 0.260 e. The summed E-state index contributed by atoms with van der Waals surface area (Å²) in [6.45, 7) is 1.03. The van der Waals surface area contributed by atoms with Crippen molar-refractivity contribution in [3.8, 4) is 5.75 Å². The minimum atomic E-state index is -0.414. The van der Waals surface area contributed by atoms with Crippen molar-refractivity contribution in [1.29, 1.82) is 0 Å². The molecule has 18 heavy (non-hydrogen) atoms. The lowest BCUT2D eigenvalue weighted by molar-refractivity contribution is -0.136. The molecule has 4 nitrogen and oxygen atoms in total. The van der Waals surface area contributed by atoms with Crippen LogP contribution in [-0.4, -0.2) is 41.7 Å². The molecule has 98 valence electrons. The van der Waals surface area contributed by atoms with E-state index in [9.17, 15) is 9.90 Å². The monoisotopic (exact) mass is 269 g/mol. The Morgan fingerprint density at radius 3 is 3.00 bits per heavy atom. The number of para-hydroxylation sites is 1. The van der Waals surface area contributed by atoms with E-state index in [2.05, 4.69) is 0 Å². The van der Waals surface area contributed by atoms with Crippen molar-refractivity contribution in [3.05, 3.63) is 29.3 Å². The van der Waals surface area contributed by atoms with Gasteiger partial charge in [0.15, 0.2) is 6.61 Å². The molecule has 1 aromatic carbocycles. The molecule has 0 radical (unpaired) electrons. The third-order valence-electron chi connectivity index (χ3n) is 2.94. The summed E-state index contributed by atoms with van der Waals surface area (Å²) >= 11 is 5.93. The summed E-state index contributed by atoms with van der Waals surface area (Å²) < 4.78 is 5.38. The molecule has 1 saturated heterocycles. The number of rotatable bonds is 3. The van der Waals surface area contributed by atoms with E-state index in [0.717, 1.165) is 12.8 Å². The molecule has 1 atom stereocenters. The molecule has 0 spiro atoms. The first kappa shape index (κ1) is 13.2. The van der Waals surface area contributed by atoms with Crippen molar-refractivity contribution in [2.75, 3.05) is 19.7 Å². The van der Waals surface area contributed by atoms with Gasteiger partial charge >= 0.3 is 0 Å². The molecule has 0 aliphatic carbocycles. The molecule has 2 rings (SSSR count). The molecule has 1 aliphatic heterocycles. The van der Waals surface area contributed by atoms with Crippen LogP contribution < -0.4 is 4.74 Å². The standard InChI is InChI=1S/C13H16ClNO3/c14-11-5-1-2-6-12(11)18-9-13(17)15-7-3-4-10(16)8-15/h1-2,5-6,10,16H,3-4,7-9H2/t10-/m0/s1. The van der Waals surface area contributed by atoms with Crippen molar-refractivity contribution in [2.24, 2.45) is 0 Å². The highest BCUT2D eigenvalue weighted by Crippen LogP contribution is 2.23. The number of carbonyl (C=O) groups is 1. The summed E-state index contributed by atoms with van der Waals surface area (Å²) in [6, 6.07) is 7.04. The summed E-state index contributed by atoms with van der Waals surface area (Å²) in [6.07, 6.45) is 1.18. The van der Waals surface area contributed by atoms with Gasteiger partial charge in [-0.1, -0.05) is 23.7 Å². The number of benzene rings is 1. The van der Waals surface area contributed by atoms with Gasteiger partial charge in [-0.3, -0.25) is 4.79 Å². The van der Waals surface area contributed by atoms with Crippen LogP contribution in [-0.2, 0) is 4.79 Å². The van der Waals surface area contributed by atoms with Gasteiger partial charge in [0, 0.05) is 13.1 Å². The van der Waals surface area contributed by atoms with Gasteiger partial charge in [-0.15, -0.1) is 0 Å². The molecule has 1 N–H and O–H groups in total. The van der Waals surface area contributed by atoms with Crippen molar-refractivity contribution >= 4 is 17.5 Å². The number of hydrogen-bond acceptors (Lipinski definition) is 3. The van der Waals surface area contributed by atoms with Crippen LogP contribution in [0.2, 0.25) is 5.02 Å². The van der Waals surface area contributed by atoms with Gasteiger partial charge in [0.1, 0.15) is 5.75 Å². The average Bonchev–Trinajstić information content (AvgIpc) is 2.37. The van der Waals surface area contributed by atoms with Crippen LogP contribution >= 0.6 is 11.6 Å². The lowest BCUT2D eigenvalue weighted by Crippen LogP contribution is -2.44. The second kappa shape index (κ2) is 6.07. The van der Waals surface area contributed by atoms with Gasteiger partial charge in [-0.05, 0) is 25.0 Å². The fourth-order valence-corrected chi connectivity index (χ4v) is 2.16. The number of carbonyl (C=O) groups excluding carboxylic acids is 1. The topological polar surface area (TPSA) is 49.8 Å². The lowest BCUT2D eigenvalue weighted by atomic mass is 10.1. The Labute approximate surface area is 111 Å². The van der Waals surface area contributed by atoms with E-state index in [1.807, 2.05) is 0 Å². The van der Waals surface area contributed by atoms with E-state index in [1.165, 1.54) is 0 Å². The number of aliphatic hydroxyl groups is 1. The predicted octanol–water partition coefficient (Wildman–Crippen LogP) is 1.70. The molecule has 0 bridgehead atoms. The fourth-order valence-electron chi connectivity index (χ4n) is 1.97. The smallest absolute Gasteiger partial charge is 0.260 e. The maximum absolute atomic E-state index is 11.9. The Bertz CT molecular complexity index is 424. The highest BCUT2D eigenvalue weighted by Gasteiger charge is 2.22. The third-order valence-corrected chi connectivity index (χ3v) is 3.25. The third kappa shape index (κ3) is 3.37. The number of β-amino-alcohol motifs (C(OH)–C–C–N with tert-alkyl or cyclic N) is 1. The summed E-state index contributed by atoms with van der Waals surface area (Å²) in [5.41, 5.74) is 0. The minimum absolute atomic E-state index is 0.0452. The van der Waals surface area contributed by atoms with Gasteiger partial charge in [-0.2, -0.15) is 0 Å². The van der Waals surface area contributed by atoms with E-state index in [0.29, 0.717) is 23.9 Å². The zero-order valence-corrected chi connectivity index (χ0v) is 10.8. The molecule has 1 amide bonds. The van der Waals surface area contributed by atoms with E-state index in [1.54, 1.807) is 29.2 Å². The number of ether oxygens (including phenoxy) is 1. The van der Waals surface area contributed by atoms with Crippen LogP contribution in [0.1, 0.15) is 12.8 Å². The molecule has 1 heterocycles. The van der Waals surface area contributed by atoms with Crippen LogP contribution in [0.25, 0.3) is 0 Å². The van der Waals surface area contributed by atoms with Crippen LogP contribution in [0.15, 0.2) is 24.3 Å². The quantitative estimate of drug-likeness (QED) is 0.909. The first-order valence-corrected chi connectivity index (χ1v) is 6.38. The molecule has 1 aromatic rings. The van der Waals surface area contributed by atoms with Crippen LogP contribution in [0.5, 0.6) is 5.75 Å². The first-order chi connectivity index (χ1) is 8.66. The second-order valence-corrected chi connectivity index (χ2v) is 4.76. The Balaban J connectivity index is 1.86. The molecule has 1 fully saturated rings. The highest BCUT2D eigenvalue weighted by molar-refractivity contribution is 6.32. The summed E-state index contributed by atoms with van der Waals surface area (Å²) in [5.74, 6) is 0.388. The number of likely N-dealkylation sites (tertiary alicyclic amines) is 1. The summed E-state index contributed by atoms with van der Waals surface area (Å²) in [5, 5.41) is 9.99. The van der Waals surface area contributed by atoms with Gasteiger partial charge in [-0.25, -0.2) is 0 Å². The number of aliphatic hydroxyl groups excluding tert-OH is 1. The molecule has 0 unspecified atom stereocenters. The van der Waals surface area contributed by atoms with E-state index >= 15 is 0 Å². The first-order valence-electron chi connectivity index (χ1n) is 6.00. The molecule has 5 heteroatoms. The second-order valence-electron chi connectivity index (χ2n) is 4.35. The predicted molar refractivity (Wildman–Crippen MR) is 68.8 cm³/mol. The van der Waals surface area contributed by atoms with E-state index < -0.39 is 6.10 Å². The van der Waals surface area contributed by atoms with Gasteiger partial charge < -0.3 is 14.7 Å². The maximum atomic E-state index is 11.9. The van der Waals surface area contributed by atoms with E-state index in [4.69, 9.17) is 16.3 Å². The zero-order chi connectivity index (χ0) is 13.0. The number of hydrogen-bond donors (Lipinski definition) is 1. The zero-order valence-electron chi connectivity index (χ0n) is 10.0. The molecular formula is C13H16ClNO3. The Hall–Kier alpha value is -1.26. The van der Waals surface area contributed by atoms with Crippen LogP contribution in [0.4, 0.5) is 0 Å². The summed E-state index contributed by atoms with van der Waals surface area (Å²) in [4.78, 5) is 13.5. The van der Waals surface area contributed by atoms with Crippen LogP contribution in [0, 0.1) is 0 Å². The van der Waals surface area contributed by atoms with Crippen LogP contribution in [0.3, 0.4) is 0 Å². The van der Waals surface area contributed by atoms with E-state index in [-0.39, 0.29) is 12.5 Å². The SMILES string of the molecule is O=C(COc1ccccc1Cl)N1CCC[C@H](O)C1. The Kier molecular flexibility index (Phi) is 4.44. The highest BCUT2D eigenvalue weighted by atomic mass is 35.5.